The van der Waals surface area contributed by atoms with Gasteiger partial charge in [-0.05, 0) is 73.6 Å². The molecule has 0 spiro atoms. The highest BCUT2D eigenvalue weighted by Gasteiger charge is 2.55. The van der Waals surface area contributed by atoms with Crippen LogP contribution in [0.1, 0.15) is 30.9 Å². The Morgan fingerprint density at radius 2 is 1.76 bits per heavy atom. The number of phenols is 2. The topological polar surface area (TPSA) is 121 Å². The lowest BCUT2D eigenvalue weighted by Gasteiger charge is -2.41. The summed E-state index contributed by atoms with van der Waals surface area (Å²) in [5.41, 5.74) is 3.74. The minimum absolute atomic E-state index is 0.00611. The van der Waals surface area contributed by atoms with Gasteiger partial charge in [0.2, 0.25) is 11.8 Å². The Kier molecular flexibility index (Phi) is 6.93. The van der Waals surface area contributed by atoms with E-state index in [1.165, 1.54) is 24.2 Å². The minimum atomic E-state index is -0.606. The fraction of sp³-hybridized carbons (Fsp3) is 0.294. The van der Waals surface area contributed by atoms with Crippen molar-refractivity contribution in [3.63, 3.8) is 0 Å². The predicted molar refractivity (Wildman–Crippen MR) is 154 cm³/mol. The molecular formula is C34H31NO7. The summed E-state index contributed by atoms with van der Waals surface area (Å²) < 4.78 is 5.23. The average molecular weight is 566 g/mol. The van der Waals surface area contributed by atoms with Gasteiger partial charge in [0.15, 0.2) is 23.1 Å². The van der Waals surface area contributed by atoms with E-state index in [-0.39, 0.29) is 53.8 Å². The summed E-state index contributed by atoms with van der Waals surface area (Å²) in [4.78, 5) is 55.3. The smallest absolute Gasteiger partial charge is 0.233 e. The van der Waals surface area contributed by atoms with Gasteiger partial charge in [-0.3, -0.25) is 24.1 Å². The lowest BCUT2D eigenvalue weighted by atomic mass is 9.60. The van der Waals surface area contributed by atoms with Crippen LogP contribution in [-0.2, 0) is 25.6 Å². The quantitative estimate of drug-likeness (QED) is 0.304. The first-order chi connectivity index (χ1) is 20.2. The van der Waals surface area contributed by atoms with Crippen LogP contribution in [0.3, 0.4) is 0 Å². The first-order valence-electron chi connectivity index (χ1n) is 14.1. The second-order valence-electron chi connectivity index (χ2n) is 11.3. The molecule has 3 aliphatic carbocycles. The van der Waals surface area contributed by atoms with Gasteiger partial charge in [-0.1, -0.05) is 42.0 Å². The number of carbonyl (C=O) groups is 4. The molecule has 2 amide bonds. The van der Waals surface area contributed by atoms with Crippen LogP contribution >= 0.6 is 0 Å². The van der Waals surface area contributed by atoms with E-state index in [2.05, 4.69) is 0 Å². The summed E-state index contributed by atoms with van der Waals surface area (Å²) in [6.07, 6.45) is 8.13. The maximum absolute atomic E-state index is 13.8. The van der Waals surface area contributed by atoms with Crippen LogP contribution < -0.4 is 4.74 Å². The molecule has 1 heterocycles. The number of nitrogens with zero attached hydrogens (tertiary/aromatic N) is 1. The molecule has 2 N–H and O–H groups in total. The van der Waals surface area contributed by atoms with Gasteiger partial charge >= 0.3 is 0 Å². The largest absolute Gasteiger partial charge is 0.508 e. The Hall–Kier alpha value is -4.72. The third kappa shape index (κ3) is 4.57. The predicted octanol–water partition coefficient (Wildman–Crippen LogP) is 4.32. The number of hydrogen-bond donors (Lipinski definition) is 2. The summed E-state index contributed by atoms with van der Waals surface area (Å²) in [7, 11) is 1.46. The number of ether oxygens (including phenoxy) is 1. The Balaban J connectivity index is 1.34. The number of likely N-dealkylation sites (tertiary alicyclic amines) is 1. The van der Waals surface area contributed by atoms with Gasteiger partial charge < -0.3 is 14.9 Å². The fourth-order valence-corrected chi connectivity index (χ4v) is 6.83. The first kappa shape index (κ1) is 27.4. The lowest BCUT2D eigenvalue weighted by molar-refractivity contribution is -0.140. The van der Waals surface area contributed by atoms with E-state index in [4.69, 9.17) is 4.74 Å². The number of carbonyl (C=O) groups excluding carboxylic acids is 4. The monoisotopic (exact) mass is 565 g/mol. The molecule has 0 bridgehead atoms. The number of hydrogen-bond acceptors (Lipinski definition) is 7. The summed E-state index contributed by atoms with van der Waals surface area (Å²) >= 11 is 0. The third-order valence-electron chi connectivity index (χ3n) is 8.95. The molecule has 0 saturated carbocycles. The number of aromatic hydroxyl groups is 2. The standard InChI is InChI=1S/C34H31NO7/c1-18-15-28(38)26-17-25-22(23(30(26)32(18)39)9-5-20-6-12-27(37)29(16-20)42-2)10-11-24-31(25)34(41)35(33(24)40)14-13-19-3-7-21(36)8-4-19/h3-10,12,15-16,23-25,31,36-37H,11,13-14,17H2,1-2H3. The zero-order valence-electron chi connectivity index (χ0n) is 23.4. The number of fused-ring (bicyclic) bond motifs is 3. The molecule has 0 radical (unpaired) electrons. The molecule has 2 aromatic carbocycles. The van der Waals surface area contributed by atoms with E-state index >= 15 is 0 Å². The van der Waals surface area contributed by atoms with Crippen LogP contribution in [0.2, 0.25) is 0 Å². The van der Waals surface area contributed by atoms with Gasteiger partial charge in [0, 0.05) is 29.2 Å². The van der Waals surface area contributed by atoms with Crippen molar-refractivity contribution < 1.29 is 34.1 Å². The van der Waals surface area contributed by atoms with Gasteiger partial charge in [-0.25, -0.2) is 0 Å². The summed E-state index contributed by atoms with van der Waals surface area (Å²) in [5, 5.41) is 19.6. The van der Waals surface area contributed by atoms with Crippen molar-refractivity contribution in [2.75, 3.05) is 13.7 Å². The minimum Gasteiger partial charge on any atom is -0.508 e. The highest BCUT2D eigenvalue weighted by atomic mass is 16.5. The summed E-state index contributed by atoms with van der Waals surface area (Å²) in [6.45, 7) is 1.87. The molecule has 8 nitrogen and oxygen atoms in total. The molecule has 0 aromatic heterocycles. The molecule has 1 fully saturated rings. The number of imide groups is 1. The van der Waals surface area contributed by atoms with Gasteiger partial charge in [0.1, 0.15) is 5.75 Å². The van der Waals surface area contributed by atoms with Gasteiger partial charge in [-0.2, -0.15) is 0 Å². The fourth-order valence-electron chi connectivity index (χ4n) is 6.83. The molecule has 4 aliphatic rings. The summed E-state index contributed by atoms with van der Waals surface area (Å²) in [5.74, 6) is -2.43. The van der Waals surface area contributed by atoms with Crippen LogP contribution in [0.5, 0.6) is 17.2 Å². The zero-order chi connectivity index (χ0) is 29.7. The molecular weight excluding hydrogens is 534 g/mol. The number of benzene rings is 2. The second kappa shape index (κ2) is 10.6. The number of rotatable bonds is 6. The van der Waals surface area contributed by atoms with Gasteiger partial charge in [-0.15, -0.1) is 0 Å². The molecule has 2 aromatic rings. The van der Waals surface area contributed by atoms with Gasteiger partial charge in [0.05, 0.1) is 18.9 Å². The maximum atomic E-state index is 13.8. The normalized spacial score (nSPS) is 25.3. The zero-order valence-corrected chi connectivity index (χ0v) is 23.4. The van der Waals surface area contributed by atoms with Crippen molar-refractivity contribution in [3.05, 3.63) is 94.1 Å². The Morgan fingerprint density at radius 3 is 2.50 bits per heavy atom. The molecule has 214 valence electrons. The number of allylic oxidation sites excluding steroid dienone is 7. The molecule has 1 aliphatic heterocycles. The van der Waals surface area contributed by atoms with E-state index in [0.29, 0.717) is 35.3 Å². The number of methoxy groups -OCH3 is 1. The highest BCUT2D eigenvalue weighted by molar-refractivity contribution is 6.23. The molecule has 4 unspecified atom stereocenters. The highest BCUT2D eigenvalue weighted by Crippen LogP contribution is 2.52. The molecule has 6 rings (SSSR count). The first-order valence-corrected chi connectivity index (χ1v) is 14.1. The summed E-state index contributed by atoms with van der Waals surface area (Å²) in [6, 6.07) is 11.6. The van der Waals surface area contributed by atoms with E-state index in [0.717, 1.165) is 16.7 Å². The SMILES string of the molecule is COc1cc(C=CC2C3=CCC4C(=O)N(CCc5ccc(O)cc5)C(=O)C4C3CC3=C2C(=O)C(C)=CC3=O)ccc1O. The van der Waals surface area contributed by atoms with Crippen molar-refractivity contribution >= 4 is 29.5 Å². The van der Waals surface area contributed by atoms with Crippen molar-refractivity contribution in [1.82, 2.24) is 4.90 Å². The number of amides is 2. The Labute approximate surface area is 243 Å². The van der Waals surface area contributed by atoms with Crippen molar-refractivity contribution in [3.8, 4) is 17.2 Å². The van der Waals surface area contributed by atoms with Crippen LogP contribution in [0.25, 0.3) is 6.08 Å². The number of ketones is 2. The Morgan fingerprint density at radius 1 is 1.00 bits per heavy atom. The van der Waals surface area contributed by atoms with Crippen LogP contribution in [0.4, 0.5) is 0 Å². The number of phenolic OH excluding ortho intramolecular Hbond substituents is 2. The molecule has 1 saturated heterocycles. The van der Waals surface area contributed by atoms with Gasteiger partial charge in [0.25, 0.3) is 0 Å². The molecule has 4 atom stereocenters. The van der Waals surface area contributed by atoms with E-state index in [1.54, 1.807) is 43.3 Å². The average Bonchev–Trinajstić information content (AvgIpc) is 3.23. The lowest BCUT2D eigenvalue weighted by Crippen LogP contribution is -2.40. The number of Topliss-reactive ketones (excluding diaryl/α,β-unsaturated/α-hetero) is 1. The van der Waals surface area contributed by atoms with E-state index in [1.807, 2.05) is 18.2 Å². The van der Waals surface area contributed by atoms with Crippen molar-refractivity contribution in [1.29, 1.82) is 0 Å². The van der Waals surface area contributed by atoms with Crippen LogP contribution in [-0.4, -0.2) is 52.1 Å². The molecule has 8 heteroatoms. The van der Waals surface area contributed by atoms with Crippen LogP contribution in [0, 0.1) is 23.7 Å². The van der Waals surface area contributed by atoms with E-state index in [9.17, 15) is 29.4 Å². The van der Waals surface area contributed by atoms with Crippen LogP contribution in [0.15, 0.2) is 83.0 Å². The van der Waals surface area contributed by atoms with E-state index < -0.39 is 17.8 Å². The second-order valence-corrected chi connectivity index (χ2v) is 11.3. The van der Waals surface area contributed by atoms with Crippen molar-refractivity contribution in [2.24, 2.45) is 23.7 Å². The van der Waals surface area contributed by atoms with Crippen molar-refractivity contribution in [2.45, 2.75) is 26.2 Å². The third-order valence-corrected chi connectivity index (χ3v) is 8.95. The maximum Gasteiger partial charge on any atom is 0.233 e. The molecule has 42 heavy (non-hydrogen) atoms. The Bertz CT molecular complexity index is 1640.